The number of rotatable bonds is 4. The number of hydrogen-bond acceptors (Lipinski definition) is 3. The molecule has 0 unspecified atom stereocenters. The maximum absolute atomic E-state index is 12.4. The molecule has 6 heteroatoms. The first-order valence-corrected chi connectivity index (χ1v) is 8.35. The van der Waals surface area contributed by atoms with Gasteiger partial charge in [-0.3, -0.25) is 4.79 Å². The molecule has 1 fully saturated rings. The third-order valence-electron chi connectivity index (χ3n) is 4.31. The van der Waals surface area contributed by atoms with E-state index in [2.05, 4.69) is 16.7 Å². The highest BCUT2D eigenvalue weighted by Gasteiger charge is 2.27. The summed E-state index contributed by atoms with van der Waals surface area (Å²) < 4.78 is 0. The zero-order valence-corrected chi connectivity index (χ0v) is 14.2. The maximum Gasteiger partial charge on any atom is 0.315 e. The van der Waals surface area contributed by atoms with Crippen LogP contribution in [-0.4, -0.2) is 35.5 Å². The van der Waals surface area contributed by atoms with Gasteiger partial charge in [0, 0.05) is 19.1 Å². The highest BCUT2D eigenvalue weighted by molar-refractivity contribution is 5.87. The molecular weight excluding hydrogens is 304 g/mol. The maximum atomic E-state index is 12.4. The second-order valence-electron chi connectivity index (χ2n) is 6.24. The molecule has 1 aliphatic rings. The number of amides is 3. The van der Waals surface area contributed by atoms with E-state index in [9.17, 15) is 9.59 Å². The summed E-state index contributed by atoms with van der Waals surface area (Å²) in [6, 6.07) is 8.40. The van der Waals surface area contributed by atoms with Crippen LogP contribution in [0, 0.1) is 11.3 Å². The monoisotopic (exact) mass is 328 g/mol. The van der Waals surface area contributed by atoms with Crippen LogP contribution in [0.2, 0.25) is 0 Å². The van der Waals surface area contributed by atoms with Crippen LogP contribution in [0.15, 0.2) is 24.3 Å². The van der Waals surface area contributed by atoms with Crippen LogP contribution >= 0.6 is 0 Å². The number of nitrogens with one attached hydrogen (secondary N) is 2. The molecule has 0 saturated carbocycles. The predicted molar refractivity (Wildman–Crippen MR) is 91.0 cm³/mol. The zero-order valence-electron chi connectivity index (χ0n) is 14.2. The van der Waals surface area contributed by atoms with Crippen LogP contribution in [0.1, 0.15) is 44.2 Å². The molecule has 1 aliphatic heterocycles. The number of nitriles is 1. The van der Waals surface area contributed by atoms with E-state index in [-0.39, 0.29) is 18.0 Å². The molecule has 6 nitrogen and oxygen atoms in total. The van der Waals surface area contributed by atoms with E-state index in [1.807, 2.05) is 17.9 Å². The van der Waals surface area contributed by atoms with Gasteiger partial charge in [0.05, 0.1) is 11.6 Å². The number of nitrogens with zero attached hydrogens (tertiary/aromatic N) is 2. The second kappa shape index (κ2) is 8.34. The van der Waals surface area contributed by atoms with Crippen molar-refractivity contribution in [1.29, 1.82) is 5.26 Å². The largest absolute Gasteiger partial charge is 0.338 e. The van der Waals surface area contributed by atoms with Crippen LogP contribution < -0.4 is 10.6 Å². The Labute approximate surface area is 142 Å². The van der Waals surface area contributed by atoms with E-state index in [1.165, 1.54) is 0 Å². The van der Waals surface area contributed by atoms with E-state index < -0.39 is 6.04 Å². The molecule has 1 heterocycles. The van der Waals surface area contributed by atoms with E-state index in [0.29, 0.717) is 12.1 Å². The lowest BCUT2D eigenvalue weighted by Gasteiger charge is -2.35. The van der Waals surface area contributed by atoms with Crippen molar-refractivity contribution in [3.05, 3.63) is 35.4 Å². The summed E-state index contributed by atoms with van der Waals surface area (Å²) in [5.74, 6) is -0.0381. The molecule has 1 aromatic rings. The SMILES string of the molecule is C[C@H](NC(=O)NCc1cccc(C#N)c1)C(=O)N1CCCC[C@@H]1C. The lowest BCUT2D eigenvalue weighted by Crippen LogP contribution is -2.53. The summed E-state index contributed by atoms with van der Waals surface area (Å²) in [5, 5.41) is 14.3. The molecule has 128 valence electrons. The molecule has 2 atom stereocenters. The lowest BCUT2D eigenvalue weighted by atomic mass is 10.0. The van der Waals surface area contributed by atoms with E-state index >= 15 is 0 Å². The first kappa shape index (κ1) is 17.8. The molecular formula is C18H24N4O2. The second-order valence-corrected chi connectivity index (χ2v) is 6.24. The molecule has 0 spiro atoms. The van der Waals surface area contributed by atoms with Crippen molar-refractivity contribution in [1.82, 2.24) is 15.5 Å². The zero-order chi connectivity index (χ0) is 17.5. The van der Waals surface area contributed by atoms with Crippen LogP contribution in [0.25, 0.3) is 0 Å². The van der Waals surface area contributed by atoms with Crippen molar-refractivity contribution in [3.8, 4) is 6.07 Å². The highest BCUT2D eigenvalue weighted by atomic mass is 16.2. The Kier molecular flexibility index (Phi) is 6.19. The van der Waals surface area contributed by atoms with Gasteiger partial charge in [0.25, 0.3) is 0 Å². The summed E-state index contributed by atoms with van der Waals surface area (Å²) >= 11 is 0. The predicted octanol–water partition coefficient (Wildman–Crippen LogP) is 2.15. The van der Waals surface area contributed by atoms with Gasteiger partial charge in [-0.15, -0.1) is 0 Å². The van der Waals surface area contributed by atoms with Crippen LogP contribution in [0.5, 0.6) is 0 Å². The quantitative estimate of drug-likeness (QED) is 0.888. The Morgan fingerprint density at radius 2 is 2.21 bits per heavy atom. The third kappa shape index (κ3) is 4.72. The van der Waals surface area contributed by atoms with Gasteiger partial charge in [0.15, 0.2) is 0 Å². The number of piperidine rings is 1. The van der Waals surface area contributed by atoms with Gasteiger partial charge in [-0.05, 0) is 50.8 Å². The molecule has 0 aliphatic carbocycles. The van der Waals surface area contributed by atoms with Crippen molar-refractivity contribution in [3.63, 3.8) is 0 Å². The summed E-state index contributed by atoms with van der Waals surface area (Å²) in [6.07, 6.45) is 3.18. The van der Waals surface area contributed by atoms with E-state index in [0.717, 1.165) is 31.4 Å². The Bertz CT molecular complexity index is 638. The average molecular weight is 328 g/mol. The first-order chi connectivity index (χ1) is 11.5. The number of urea groups is 1. The van der Waals surface area contributed by atoms with Crippen molar-refractivity contribution in [2.45, 2.75) is 51.7 Å². The van der Waals surface area contributed by atoms with E-state index in [1.54, 1.807) is 25.1 Å². The van der Waals surface area contributed by atoms with E-state index in [4.69, 9.17) is 5.26 Å². The fraction of sp³-hybridized carbons (Fsp3) is 0.500. The third-order valence-corrected chi connectivity index (χ3v) is 4.31. The van der Waals surface area contributed by atoms with Gasteiger partial charge in [0.1, 0.15) is 6.04 Å². The van der Waals surface area contributed by atoms with Gasteiger partial charge >= 0.3 is 6.03 Å². The van der Waals surface area contributed by atoms with Crippen molar-refractivity contribution in [2.75, 3.05) is 6.54 Å². The minimum atomic E-state index is -0.559. The summed E-state index contributed by atoms with van der Waals surface area (Å²) in [5.41, 5.74) is 1.39. The van der Waals surface area contributed by atoms with Gasteiger partial charge in [0.2, 0.25) is 5.91 Å². The number of hydrogen-bond donors (Lipinski definition) is 2. The molecule has 2 rings (SSSR count). The molecule has 1 aromatic carbocycles. The summed E-state index contributed by atoms with van der Waals surface area (Å²) in [7, 11) is 0. The Balaban J connectivity index is 1.82. The molecule has 24 heavy (non-hydrogen) atoms. The minimum Gasteiger partial charge on any atom is -0.338 e. The van der Waals surface area contributed by atoms with Gasteiger partial charge < -0.3 is 15.5 Å². The topological polar surface area (TPSA) is 85.2 Å². The molecule has 0 aromatic heterocycles. The Morgan fingerprint density at radius 1 is 1.42 bits per heavy atom. The summed E-state index contributed by atoms with van der Waals surface area (Å²) in [4.78, 5) is 26.3. The van der Waals surface area contributed by atoms with Gasteiger partial charge in [-0.1, -0.05) is 12.1 Å². The van der Waals surface area contributed by atoms with Crippen molar-refractivity contribution < 1.29 is 9.59 Å². The van der Waals surface area contributed by atoms with Crippen LogP contribution in [0.4, 0.5) is 4.79 Å². The van der Waals surface area contributed by atoms with Gasteiger partial charge in [-0.25, -0.2) is 4.79 Å². The lowest BCUT2D eigenvalue weighted by molar-refractivity contribution is -0.136. The Morgan fingerprint density at radius 3 is 2.92 bits per heavy atom. The standard InChI is InChI=1S/C18H24N4O2/c1-13-6-3-4-9-22(13)17(23)14(2)21-18(24)20-12-16-8-5-7-15(10-16)11-19/h5,7-8,10,13-14H,3-4,6,9,12H2,1-2H3,(H2,20,21,24)/t13-,14-/m0/s1. The van der Waals surface area contributed by atoms with Crippen molar-refractivity contribution in [2.24, 2.45) is 0 Å². The average Bonchev–Trinajstić information content (AvgIpc) is 2.60. The number of carbonyl (C=O) groups excluding carboxylic acids is 2. The number of likely N-dealkylation sites (tertiary alicyclic amines) is 1. The van der Waals surface area contributed by atoms with Crippen LogP contribution in [0.3, 0.4) is 0 Å². The smallest absolute Gasteiger partial charge is 0.315 e. The minimum absolute atomic E-state index is 0.0381. The normalized spacial score (nSPS) is 18.4. The molecule has 3 amide bonds. The van der Waals surface area contributed by atoms with Crippen LogP contribution in [-0.2, 0) is 11.3 Å². The first-order valence-electron chi connectivity index (χ1n) is 8.35. The summed E-state index contributed by atoms with van der Waals surface area (Å²) in [6.45, 7) is 4.82. The molecule has 1 saturated heterocycles. The Hall–Kier alpha value is -2.55. The van der Waals surface area contributed by atoms with Gasteiger partial charge in [-0.2, -0.15) is 5.26 Å². The number of carbonyl (C=O) groups is 2. The fourth-order valence-electron chi connectivity index (χ4n) is 2.92. The highest BCUT2D eigenvalue weighted by Crippen LogP contribution is 2.17. The van der Waals surface area contributed by atoms with Crippen molar-refractivity contribution >= 4 is 11.9 Å². The fourth-order valence-corrected chi connectivity index (χ4v) is 2.92. The molecule has 2 N–H and O–H groups in total. The molecule has 0 radical (unpaired) electrons. The molecule has 0 bridgehead atoms. The number of benzene rings is 1.